The molecule has 0 spiro atoms. The van der Waals surface area contributed by atoms with Crippen molar-refractivity contribution in [2.24, 2.45) is 0 Å². The lowest BCUT2D eigenvalue weighted by atomic mass is 9.83. The van der Waals surface area contributed by atoms with Crippen LogP contribution in [0.3, 0.4) is 0 Å². The molecular formula is C14H13ClOS2. The van der Waals surface area contributed by atoms with Crippen molar-refractivity contribution >= 4 is 40.1 Å². The van der Waals surface area contributed by atoms with Crippen molar-refractivity contribution in [1.29, 1.82) is 0 Å². The number of fused-ring (bicyclic) bond motifs is 1. The van der Waals surface area contributed by atoms with Crippen LogP contribution in [0.15, 0.2) is 23.6 Å². The molecule has 2 aromatic rings. The molecule has 2 heterocycles. The second kappa shape index (κ2) is 5.16. The van der Waals surface area contributed by atoms with Crippen LogP contribution >= 0.6 is 34.3 Å². The molecule has 1 unspecified atom stereocenters. The van der Waals surface area contributed by atoms with Gasteiger partial charge in [-0.25, -0.2) is 0 Å². The number of hydrogen-bond donors (Lipinski definition) is 0. The summed E-state index contributed by atoms with van der Waals surface area (Å²) in [6.45, 7) is 0. The lowest BCUT2D eigenvalue weighted by Gasteiger charge is -2.21. The molecule has 1 aliphatic rings. The Bertz CT molecular complexity index is 570. The molecule has 0 saturated carbocycles. The number of carbonyl (C=O) groups is 1. The van der Waals surface area contributed by atoms with E-state index in [0.29, 0.717) is 12.2 Å². The van der Waals surface area contributed by atoms with Crippen LogP contribution in [0, 0.1) is 0 Å². The summed E-state index contributed by atoms with van der Waals surface area (Å²) in [4.78, 5) is 14.9. The molecule has 1 nitrogen and oxygen atoms in total. The van der Waals surface area contributed by atoms with E-state index in [1.165, 1.54) is 21.8 Å². The highest BCUT2D eigenvalue weighted by Crippen LogP contribution is 2.36. The van der Waals surface area contributed by atoms with Crippen molar-refractivity contribution in [2.45, 2.75) is 31.6 Å². The van der Waals surface area contributed by atoms with Gasteiger partial charge in [-0.15, -0.1) is 22.7 Å². The lowest BCUT2D eigenvalue weighted by Crippen LogP contribution is -2.18. The van der Waals surface area contributed by atoms with E-state index in [2.05, 4.69) is 11.4 Å². The Hall–Kier alpha value is -0.640. The lowest BCUT2D eigenvalue weighted by molar-refractivity contribution is -0.120. The van der Waals surface area contributed by atoms with Crippen LogP contribution in [0.2, 0.25) is 4.34 Å². The van der Waals surface area contributed by atoms with Crippen LogP contribution < -0.4 is 0 Å². The first kappa shape index (κ1) is 12.4. The van der Waals surface area contributed by atoms with E-state index in [1.807, 2.05) is 12.1 Å². The first-order chi connectivity index (χ1) is 8.74. The fraction of sp³-hybridized carbons (Fsp3) is 0.357. The van der Waals surface area contributed by atoms with Crippen molar-refractivity contribution in [3.8, 4) is 0 Å². The average molecular weight is 297 g/mol. The van der Waals surface area contributed by atoms with E-state index in [9.17, 15) is 4.79 Å². The van der Waals surface area contributed by atoms with Gasteiger partial charge in [-0.05, 0) is 48.4 Å². The van der Waals surface area contributed by atoms with Crippen molar-refractivity contribution in [2.75, 3.05) is 0 Å². The molecule has 0 N–H and O–H groups in total. The van der Waals surface area contributed by atoms with Gasteiger partial charge in [0.05, 0.1) is 4.34 Å². The van der Waals surface area contributed by atoms with Crippen LogP contribution in [-0.2, 0) is 17.6 Å². The predicted octanol–water partition coefficient (Wildman–Crippen LogP) is 4.69. The molecular weight excluding hydrogens is 284 g/mol. The molecule has 2 aromatic heterocycles. The molecule has 0 radical (unpaired) electrons. The van der Waals surface area contributed by atoms with Gasteiger partial charge in [0.1, 0.15) is 5.78 Å². The summed E-state index contributed by atoms with van der Waals surface area (Å²) in [7, 11) is 0. The van der Waals surface area contributed by atoms with Crippen molar-refractivity contribution in [3.05, 3.63) is 43.2 Å². The first-order valence-corrected chi connectivity index (χ1v) is 8.14. The molecule has 18 heavy (non-hydrogen) atoms. The van der Waals surface area contributed by atoms with Crippen molar-refractivity contribution in [1.82, 2.24) is 0 Å². The number of ketones is 1. The zero-order valence-corrected chi connectivity index (χ0v) is 12.2. The monoisotopic (exact) mass is 296 g/mol. The molecule has 1 atom stereocenters. The van der Waals surface area contributed by atoms with Gasteiger partial charge in [-0.3, -0.25) is 4.79 Å². The normalized spacial score (nSPS) is 18.6. The quantitative estimate of drug-likeness (QED) is 0.803. The van der Waals surface area contributed by atoms with Gasteiger partial charge in [0.2, 0.25) is 0 Å². The third-order valence-corrected chi connectivity index (χ3v) is 5.65. The van der Waals surface area contributed by atoms with E-state index in [0.717, 1.165) is 28.5 Å². The predicted molar refractivity (Wildman–Crippen MR) is 78.0 cm³/mol. The smallest absolute Gasteiger partial charge is 0.145 e. The van der Waals surface area contributed by atoms with Crippen LogP contribution in [-0.4, -0.2) is 5.78 Å². The summed E-state index contributed by atoms with van der Waals surface area (Å²) < 4.78 is 0.762. The minimum absolute atomic E-state index is 0.112. The van der Waals surface area contributed by atoms with Gasteiger partial charge in [-0.2, -0.15) is 0 Å². The molecule has 0 bridgehead atoms. The SMILES string of the molecule is O=C(Cc1ccc(Cl)s1)C1CCCc2sccc21. The highest BCUT2D eigenvalue weighted by Gasteiger charge is 2.27. The average Bonchev–Trinajstić information content (AvgIpc) is 2.97. The van der Waals surface area contributed by atoms with E-state index < -0.39 is 0 Å². The molecule has 1 aliphatic carbocycles. The van der Waals surface area contributed by atoms with E-state index in [1.54, 1.807) is 11.3 Å². The topological polar surface area (TPSA) is 17.1 Å². The Labute approximate surface area is 119 Å². The summed E-state index contributed by atoms with van der Waals surface area (Å²) in [6, 6.07) is 5.96. The van der Waals surface area contributed by atoms with Gasteiger partial charge >= 0.3 is 0 Å². The summed E-state index contributed by atoms with van der Waals surface area (Å²) in [5, 5.41) is 2.11. The summed E-state index contributed by atoms with van der Waals surface area (Å²) in [5.41, 5.74) is 1.28. The van der Waals surface area contributed by atoms with E-state index in [-0.39, 0.29) is 5.92 Å². The molecule has 0 amide bonds. The standard InChI is InChI=1S/C14H13ClOS2/c15-14-5-4-9(18-14)8-12(16)10-2-1-3-13-11(10)6-7-17-13/h4-7,10H,1-3,8H2. The second-order valence-corrected chi connectivity index (χ2v) is 7.39. The molecule has 3 rings (SSSR count). The number of rotatable bonds is 3. The first-order valence-electron chi connectivity index (χ1n) is 6.07. The van der Waals surface area contributed by atoms with Gasteiger partial charge < -0.3 is 0 Å². The highest BCUT2D eigenvalue weighted by molar-refractivity contribution is 7.16. The zero-order chi connectivity index (χ0) is 12.5. The molecule has 0 aliphatic heterocycles. The van der Waals surface area contributed by atoms with Gasteiger partial charge in [-0.1, -0.05) is 11.6 Å². The van der Waals surface area contributed by atoms with E-state index >= 15 is 0 Å². The van der Waals surface area contributed by atoms with Gasteiger partial charge in [0.15, 0.2) is 0 Å². The Morgan fingerprint density at radius 2 is 2.28 bits per heavy atom. The van der Waals surface area contributed by atoms with Crippen LogP contribution in [0.25, 0.3) is 0 Å². The molecule has 0 saturated heterocycles. The minimum Gasteiger partial charge on any atom is -0.299 e. The number of Topliss-reactive ketones (excluding diaryl/α,β-unsaturated/α-hetero) is 1. The number of aryl methyl sites for hydroxylation is 1. The van der Waals surface area contributed by atoms with Gasteiger partial charge in [0.25, 0.3) is 0 Å². The highest BCUT2D eigenvalue weighted by atomic mass is 35.5. The molecule has 0 aromatic carbocycles. The van der Waals surface area contributed by atoms with Crippen LogP contribution in [0.5, 0.6) is 0 Å². The maximum absolute atomic E-state index is 12.4. The van der Waals surface area contributed by atoms with E-state index in [4.69, 9.17) is 11.6 Å². The Kier molecular flexibility index (Phi) is 3.55. The summed E-state index contributed by atoms with van der Waals surface area (Å²) in [6.07, 6.45) is 3.80. The largest absolute Gasteiger partial charge is 0.299 e. The second-order valence-electron chi connectivity index (χ2n) is 4.59. The molecule has 0 fully saturated rings. The number of halogens is 1. The van der Waals surface area contributed by atoms with Crippen molar-refractivity contribution < 1.29 is 4.79 Å². The maximum atomic E-state index is 12.4. The maximum Gasteiger partial charge on any atom is 0.145 e. The summed E-state index contributed by atoms with van der Waals surface area (Å²) in [5.74, 6) is 0.453. The third-order valence-electron chi connectivity index (χ3n) is 3.42. The third kappa shape index (κ3) is 2.40. The molecule has 4 heteroatoms. The fourth-order valence-corrected chi connectivity index (χ4v) is 4.65. The van der Waals surface area contributed by atoms with Crippen molar-refractivity contribution in [3.63, 3.8) is 0 Å². The van der Waals surface area contributed by atoms with Crippen LogP contribution in [0.4, 0.5) is 0 Å². The Morgan fingerprint density at radius 3 is 3.06 bits per heavy atom. The minimum atomic E-state index is 0.112. The fourth-order valence-electron chi connectivity index (χ4n) is 2.56. The molecule has 94 valence electrons. The number of carbonyl (C=O) groups excluding carboxylic acids is 1. The number of thiophene rings is 2. The Balaban J connectivity index is 1.78. The van der Waals surface area contributed by atoms with Gasteiger partial charge in [0, 0.05) is 22.1 Å². The summed E-state index contributed by atoms with van der Waals surface area (Å²) >= 11 is 9.20. The Morgan fingerprint density at radius 1 is 1.39 bits per heavy atom. The van der Waals surface area contributed by atoms with Crippen LogP contribution in [0.1, 0.15) is 34.1 Å². The zero-order valence-electron chi connectivity index (χ0n) is 9.82. The number of hydrogen-bond acceptors (Lipinski definition) is 3.